The average Bonchev–Trinajstić information content (AvgIpc) is 3.36. The molecule has 2 aromatic rings. The van der Waals surface area contributed by atoms with Crippen LogP contribution in [0.15, 0.2) is 48.5 Å². The first kappa shape index (κ1) is 15.3. The zero-order chi connectivity index (χ0) is 16.4. The third-order valence-corrected chi connectivity index (χ3v) is 4.16. The van der Waals surface area contributed by atoms with E-state index in [1.54, 1.807) is 12.1 Å². The number of carbonyl (C=O) groups is 1. The van der Waals surface area contributed by atoms with E-state index in [0.29, 0.717) is 11.6 Å². The van der Waals surface area contributed by atoms with Crippen molar-refractivity contribution in [3.8, 4) is 5.75 Å². The lowest BCUT2D eigenvalue weighted by Gasteiger charge is -2.32. The maximum Gasteiger partial charge on any atom is 0.410 e. The predicted octanol–water partition coefficient (Wildman–Crippen LogP) is 4.22. The number of rotatable bonds is 5. The van der Waals surface area contributed by atoms with Gasteiger partial charge in [0.15, 0.2) is 11.6 Å². The molecular formula is C18H19FN2O2. The number of amides is 1. The highest BCUT2D eigenvalue weighted by molar-refractivity contribution is 5.71. The third kappa shape index (κ3) is 3.28. The van der Waals surface area contributed by atoms with Gasteiger partial charge in [0.05, 0.1) is 5.69 Å². The fourth-order valence-electron chi connectivity index (χ4n) is 2.84. The van der Waals surface area contributed by atoms with Gasteiger partial charge in [0.2, 0.25) is 0 Å². The lowest BCUT2D eigenvalue weighted by Crippen LogP contribution is -2.31. The third-order valence-electron chi connectivity index (χ3n) is 4.16. The van der Waals surface area contributed by atoms with Crippen LogP contribution in [-0.2, 0) is 0 Å². The molecule has 3 rings (SSSR count). The maximum atomic E-state index is 14.8. The number of hydrogen-bond donors (Lipinski definition) is 1. The van der Waals surface area contributed by atoms with E-state index in [0.717, 1.165) is 18.5 Å². The van der Waals surface area contributed by atoms with Gasteiger partial charge in [-0.15, -0.1) is 0 Å². The summed E-state index contributed by atoms with van der Waals surface area (Å²) in [5, 5.41) is 0. The Morgan fingerprint density at radius 2 is 1.91 bits per heavy atom. The molecule has 0 heterocycles. The van der Waals surface area contributed by atoms with Gasteiger partial charge in [-0.3, -0.25) is 0 Å². The highest BCUT2D eigenvalue weighted by atomic mass is 19.1. The van der Waals surface area contributed by atoms with Gasteiger partial charge in [0, 0.05) is 11.7 Å². The predicted molar refractivity (Wildman–Crippen MR) is 87.4 cm³/mol. The lowest BCUT2D eigenvalue weighted by molar-refractivity contribution is 0.209. The van der Waals surface area contributed by atoms with Gasteiger partial charge in [0.25, 0.3) is 0 Å². The van der Waals surface area contributed by atoms with Gasteiger partial charge in [-0.1, -0.05) is 24.3 Å². The van der Waals surface area contributed by atoms with Gasteiger partial charge < -0.3 is 15.4 Å². The quantitative estimate of drug-likeness (QED) is 0.899. The van der Waals surface area contributed by atoms with Gasteiger partial charge in [-0.2, -0.15) is 0 Å². The van der Waals surface area contributed by atoms with Crippen molar-refractivity contribution < 1.29 is 13.9 Å². The Kier molecular flexibility index (Phi) is 4.19. The zero-order valence-electron chi connectivity index (χ0n) is 12.9. The molecular weight excluding hydrogens is 295 g/mol. The Labute approximate surface area is 134 Å². The minimum Gasteiger partial charge on any atom is -0.407 e. The fraction of sp³-hybridized carbons (Fsp3) is 0.278. The van der Waals surface area contributed by atoms with Crippen LogP contribution < -0.4 is 15.4 Å². The van der Waals surface area contributed by atoms with Gasteiger partial charge in [-0.05, 0) is 49.9 Å². The van der Waals surface area contributed by atoms with Crippen LogP contribution in [-0.4, -0.2) is 12.1 Å². The molecule has 0 saturated heterocycles. The summed E-state index contributed by atoms with van der Waals surface area (Å²) in [6.07, 6.45) is 1.26. The van der Waals surface area contributed by atoms with E-state index in [2.05, 4.69) is 6.92 Å². The Morgan fingerprint density at radius 1 is 1.22 bits per heavy atom. The molecule has 0 aliphatic heterocycles. The van der Waals surface area contributed by atoms with Crippen LogP contribution in [0.1, 0.15) is 19.8 Å². The molecule has 5 heteroatoms. The number of carbonyl (C=O) groups excluding carboxylic acids is 1. The summed E-state index contributed by atoms with van der Waals surface area (Å²) < 4.78 is 19.6. The molecule has 2 aromatic carbocycles. The van der Waals surface area contributed by atoms with Gasteiger partial charge >= 0.3 is 6.09 Å². The second-order valence-corrected chi connectivity index (χ2v) is 5.79. The molecule has 1 atom stereocenters. The first-order valence-electron chi connectivity index (χ1n) is 7.68. The first-order chi connectivity index (χ1) is 11.1. The SMILES string of the molecule is CC(C1CC1)N(c1ccccc1)c1cccc(OC(N)=O)c1F. The van der Waals surface area contributed by atoms with Crippen molar-refractivity contribution in [2.45, 2.75) is 25.8 Å². The summed E-state index contributed by atoms with van der Waals surface area (Å²) in [7, 11) is 0. The van der Waals surface area contributed by atoms with Crippen molar-refractivity contribution in [2.24, 2.45) is 11.7 Å². The van der Waals surface area contributed by atoms with E-state index in [-0.39, 0.29) is 11.8 Å². The molecule has 0 spiro atoms. The summed E-state index contributed by atoms with van der Waals surface area (Å²) in [6.45, 7) is 2.09. The highest BCUT2D eigenvalue weighted by Crippen LogP contribution is 2.42. The molecule has 0 bridgehead atoms. The standard InChI is InChI=1S/C18H19FN2O2/c1-12(13-10-11-13)21(14-6-3-2-4-7-14)15-8-5-9-16(17(15)19)23-18(20)22/h2-9,12-13H,10-11H2,1H3,(H2,20,22). The zero-order valence-corrected chi connectivity index (χ0v) is 12.9. The number of ether oxygens (including phenoxy) is 1. The molecule has 2 N–H and O–H groups in total. The van der Waals surface area contributed by atoms with Crippen LogP contribution in [0.3, 0.4) is 0 Å². The van der Waals surface area contributed by atoms with Crippen molar-refractivity contribution in [2.75, 3.05) is 4.90 Å². The van der Waals surface area contributed by atoms with E-state index in [1.165, 1.54) is 6.07 Å². The van der Waals surface area contributed by atoms with E-state index in [4.69, 9.17) is 10.5 Å². The number of hydrogen-bond acceptors (Lipinski definition) is 3. The molecule has 4 nitrogen and oxygen atoms in total. The number of benzene rings is 2. The topological polar surface area (TPSA) is 55.6 Å². The van der Waals surface area contributed by atoms with Crippen LogP contribution in [0.5, 0.6) is 5.75 Å². The molecule has 120 valence electrons. The van der Waals surface area contributed by atoms with Crippen molar-refractivity contribution in [1.82, 2.24) is 0 Å². The maximum absolute atomic E-state index is 14.8. The molecule has 1 unspecified atom stereocenters. The molecule has 1 fully saturated rings. The summed E-state index contributed by atoms with van der Waals surface area (Å²) in [4.78, 5) is 12.9. The number of para-hydroxylation sites is 1. The number of halogens is 1. The van der Waals surface area contributed by atoms with Crippen molar-refractivity contribution in [3.63, 3.8) is 0 Å². The van der Waals surface area contributed by atoms with Crippen LogP contribution in [0, 0.1) is 11.7 Å². The number of nitrogens with zero attached hydrogens (tertiary/aromatic N) is 1. The normalized spacial score (nSPS) is 15.0. The summed E-state index contributed by atoms with van der Waals surface area (Å²) in [6, 6.07) is 14.5. The monoisotopic (exact) mass is 314 g/mol. The summed E-state index contributed by atoms with van der Waals surface area (Å²) in [5.74, 6) is -0.197. The molecule has 0 radical (unpaired) electrons. The highest BCUT2D eigenvalue weighted by Gasteiger charge is 2.34. The minimum atomic E-state index is -1.03. The second kappa shape index (κ2) is 6.28. The summed E-state index contributed by atoms with van der Waals surface area (Å²) >= 11 is 0. The lowest BCUT2D eigenvalue weighted by atomic mass is 10.1. The number of anilines is 2. The van der Waals surface area contributed by atoms with E-state index in [9.17, 15) is 9.18 Å². The first-order valence-corrected chi connectivity index (χ1v) is 7.68. The van der Waals surface area contributed by atoms with E-state index in [1.807, 2.05) is 35.2 Å². The Morgan fingerprint density at radius 3 is 2.52 bits per heavy atom. The Bertz CT molecular complexity index is 701. The van der Waals surface area contributed by atoms with Crippen LogP contribution in [0.4, 0.5) is 20.6 Å². The molecule has 1 aliphatic rings. The fourth-order valence-corrected chi connectivity index (χ4v) is 2.84. The largest absolute Gasteiger partial charge is 0.410 e. The molecule has 1 aliphatic carbocycles. The van der Waals surface area contributed by atoms with Crippen molar-refractivity contribution >= 4 is 17.5 Å². The van der Waals surface area contributed by atoms with Crippen molar-refractivity contribution in [1.29, 1.82) is 0 Å². The molecule has 1 saturated carbocycles. The number of primary amides is 1. The van der Waals surface area contributed by atoms with Gasteiger partial charge in [0.1, 0.15) is 0 Å². The Hall–Kier alpha value is -2.56. The van der Waals surface area contributed by atoms with Crippen LogP contribution in [0.2, 0.25) is 0 Å². The minimum absolute atomic E-state index is 0.149. The Balaban J connectivity index is 2.04. The molecule has 1 amide bonds. The summed E-state index contributed by atoms with van der Waals surface area (Å²) in [5.41, 5.74) is 6.30. The van der Waals surface area contributed by atoms with Gasteiger partial charge in [-0.25, -0.2) is 9.18 Å². The average molecular weight is 314 g/mol. The van der Waals surface area contributed by atoms with E-state index < -0.39 is 11.9 Å². The second-order valence-electron chi connectivity index (χ2n) is 5.79. The smallest absolute Gasteiger partial charge is 0.407 e. The number of nitrogens with two attached hydrogens (primary N) is 1. The van der Waals surface area contributed by atoms with E-state index >= 15 is 0 Å². The van der Waals surface area contributed by atoms with Crippen molar-refractivity contribution in [3.05, 3.63) is 54.3 Å². The van der Waals surface area contributed by atoms with Crippen LogP contribution >= 0.6 is 0 Å². The molecule has 23 heavy (non-hydrogen) atoms. The van der Waals surface area contributed by atoms with Crippen LogP contribution in [0.25, 0.3) is 0 Å². The molecule has 0 aromatic heterocycles.